The zero-order valence-electron chi connectivity index (χ0n) is 9.58. The van der Waals surface area contributed by atoms with E-state index in [1.807, 2.05) is 6.07 Å². The fourth-order valence-electron chi connectivity index (χ4n) is 1.93. The lowest BCUT2D eigenvalue weighted by Gasteiger charge is -2.05. The van der Waals surface area contributed by atoms with Crippen molar-refractivity contribution in [1.82, 2.24) is 10.3 Å². The average Bonchev–Trinajstić information content (AvgIpc) is 2.82. The minimum absolute atomic E-state index is 0.107. The second-order valence-electron chi connectivity index (χ2n) is 4.11. The first kappa shape index (κ1) is 12.3. The molecule has 4 heteroatoms. The van der Waals surface area contributed by atoms with Gasteiger partial charge in [-0.25, -0.2) is 4.98 Å². The second kappa shape index (κ2) is 5.96. The van der Waals surface area contributed by atoms with Crippen molar-refractivity contribution >= 4 is 21.8 Å². The lowest BCUT2D eigenvalue weighted by atomic mass is 10.2. The van der Waals surface area contributed by atoms with Gasteiger partial charge in [0, 0.05) is 6.54 Å². The smallest absolute Gasteiger partial charge is 0.269 e. The van der Waals surface area contributed by atoms with Crippen LogP contribution < -0.4 is 5.32 Å². The van der Waals surface area contributed by atoms with Gasteiger partial charge in [0.25, 0.3) is 5.91 Å². The van der Waals surface area contributed by atoms with Gasteiger partial charge in [0.2, 0.25) is 0 Å². The lowest BCUT2D eigenvalue weighted by Crippen LogP contribution is -2.25. The molecule has 1 aliphatic carbocycles. The summed E-state index contributed by atoms with van der Waals surface area (Å²) in [5, 5.41) is 2.89. The van der Waals surface area contributed by atoms with Crippen LogP contribution in [0.15, 0.2) is 34.5 Å². The molecule has 1 N–H and O–H groups in total. The molecule has 0 radical (unpaired) electrons. The van der Waals surface area contributed by atoms with Crippen LogP contribution in [0.5, 0.6) is 0 Å². The van der Waals surface area contributed by atoms with Crippen molar-refractivity contribution in [1.29, 1.82) is 0 Å². The fraction of sp³-hybridized carbons (Fsp3) is 0.385. The summed E-state index contributed by atoms with van der Waals surface area (Å²) in [6, 6.07) is 5.33. The van der Waals surface area contributed by atoms with E-state index in [1.54, 1.807) is 12.1 Å². The summed E-state index contributed by atoms with van der Waals surface area (Å²) in [7, 11) is 0. The van der Waals surface area contributed by atoms with E-state index in [2.05, 4.69) is 32.3 Å². The predicted octanol–water partition coefficient (Wildman–Crippen LogP) is 3.07. The minimum Gasteiger partial charge on any atom is -0.350 e. The van der Waals surface area contributed by atoms with Gasteiger partial charge in [-0.15, -0.1) is 0 Å². The van der Waals surface area contributed by atoms with Crippen molar-refractivity contribution in [3.05, 3.63) is 40.1 Å². The molecule has 2 rings (SSSR count). The molecule has 0 bridgehead atoms. The van der Waals surface area contributed by atoms with E-state index >= 15 is 0 Å². The molecule has 0 saturated carbocycles. The van der Waals surface area contributed by atoms with Crippen LogP contribution in [0.4, 0.5) is 0 Å². The fourth-order valence-corrected chi connectivity index (χ4v) is 2.27. The first-order chi connectivity index (χ1) is 8.25. The Labute approximate surface area is 109 Å². The van der Waals surface area contributed by atoms with Crippen LogP contribution >= 0.6 is 15.9 Å². The molecule has 17 heavy (non-hydrogen) atoms. The van der Waals surface area contributed by atoms with Crippen LogP contribution in [0.2, 0.25) is 0 Å². The molecule has 0 aromatic carbocycles. The van der Waals surface area contributed by atoms with Crippen molar-refractivity contribution in [2.24, 2.45) is 0 Å². The summed E-state index contributed by atoms with van der Waals surface area (Å²) in [5.74, 6) is -0.107. The highest BCUT2D eigenvalue weighted by atomic mass is 79.9. The summed E-state index contributed by atoms with van der Waals surface area (Å²) in [6.07, 6.45) is 6.88. The summed E-state index contributed by atoms with van der Waals surface area (Å²) in [6.45, 7) is 0.693. The Balaban J connectivity index is 1.81. The van der Waals surface area contributed by atoms with Gasteiger partial charge in [0.15, 0.2) is 0 Å². The predicted molar refractivity (Wildman–Crippen MR) is 70.8 cm³/mol. The number of amides is 1. The van der Waals surface area contributed by atoms with Crippen LogP contribution in [0.1, 0.15) is 36.2 Å². The summed E-state index contributed by atoms with van der Waals surface area (Å²) < 4.78 is 0.684. The van der Waals surface area contributed by atoms with Gasteiger partial charge >= 0.3 is 0 Å². The number of carbonyl (C=O) groups excluding carboxylic acids is 1. The molecule has 1 heterocycles. The quantitative estimate of drug-likeness (QED) is 0.685. The van der Waals surface area contributed by atoms with Gasteiger partial charge in [-0.2, -0.15) is 0 Å². The van der Waals surface area contributed by atoms with Gasteiger partial charge in [-0.05, 0) is 53.7 Å². The van der Waals surface area contributed by atoms with E-state index in [9.17, 15) is 4.79 Å². The maximum Gasteiger partial charge on any atom is 0.269 e. The zero-order valence-corrected chi connectivity index (χ0v) is 11.2. The van der Waals surface area contributed by atoms with Crippen molar-refractivity contribution in [3.8, 4) is 0 Å². The molecule has 3 nitrogen and oxygen atoms in total. The average molecular weight is 295 g/mol. The number of halogens is 1. The third-order valence-electron chi connectivity index (χ3n) is 2.81. The lowest BCUT2D eigenvalue weighted by molar-refractivity contribution is 0.0949. The molecule has 90 valence electrons. The monoisotopic (exact) mass is 294 g/mol. The Morgan fingerprint density at radius 2 is 2.35 bits per heavy atom. The molecule has 0 spiro atoms. The highest BCUT2D eigenvalue weighted by Gasteiger charge is 2.08. The van der Waals surface area contributed by atoms with Crippen molar-refractivity contribution in [3.63, 3.8) is 0 Å². The largest absolute Gasteiger partial charge is 0.350 e. The number of hydrogen-bond donors (Lipinski definition) is 1. The molecule has 0 aliphatic heterocycles. The molecule has 0 saturated heterocycles. The zero-order chi connectivity index (χ0) is 12.1. The normalized spacial score (nSPS) is 14.5. The molecule has 1 amide bonds. The van der Waals surface area contributed by atoms with Crippen LogP contribution in [0, 0.1) is 0 Å². The molecule has 0 fully saturated rings. The van der Waals surface area contributed by atoms with Gasteiger partial charge in [0.05, 0.1) is 0 Å². The number of aromatic nitrogens is 1. The Kier molecular flexibility index (Phi) is 4.31. The van der Waals surface area contributed by atoms with E-state index in [-0.39, 0.29) is 5.91 Å². The maximum absolute atomic E-state index is 11.8. The van der Waals surface area contributed by atoms with Crippen LogP contribution in [-0.4, -0.2) is 17.4 Å². The van der Waals surface area contributed by atoms with E-state index < -0.39 is 0 Å². The van der Waals surface area contributed by atoms with Crippen molar-refractivity contribution in [2.45, 2.75) is 25.7 Å². The van der Waals surface area contributed by atoms with Gasteiger partial charge in [0.1, 0.15) is 10.3 Å². The highest BCUT2D eigenvalue weighted by Crippen LogP contribution is 2.19. The number of nitrogens with zero attached hydrogens (tertiary/aromatic N) is 1. The van der Waals surface area contributed by atoms with Gasteiger partial charge in [-0.3, -0.25) is 4.79 Å². The standard InChI is InChI=1S/C13H15BrN2O/c14-12-7-3-6-11(16-12)13(17)15-9-8-10-4-1-2-5-10/h3-4,6-7H,1-2,5,8-9H2,(H,15,17). The van der Waals surface area contributed by atoms with Crippen LogP contribution in [0.3, 0.4) is 0 Å². The van der Waals surface area contributed by atoms with E-state index in [4.69, 9.17) is 0 Å². The third kappa shape index (κ3) is 3.66. The molecular formula is C13H15BrN2O. The number of hydrogen-bond acceptors (Lipinski definition) is 2. The van der Waals surface area contributed by atoms with Crippen molar-refractivity contribution < 1.29 is 4.79 Å². The third-order valence-corrected chi connectivity index (χ3v) is 3.26. The maximum atomic E-state index is 11.8. The first-order valence-electron chi connectivity index (χ1n) is 5.84. The molecular weight excluding hydrogens is 280 g/mol. The van der Waals surface area contributed by atoms with Crippen LogP contribution in [0.25, 0.3) is 0 Å². The molecule has 1 aliphatic rings. The van der Waals surface area contributed by atoms with Crippen molar-refractivity contribution in [2.75, 3.05) is 6.54 Å². The molecule has 1 aromatic rings. The molecule has 1 aromatic heterocycles. The molecule has 0 unspecified atom stereocenters. The Hall–Kier alpha value is -1.16. The van der Waals surface area contributed by atoms with Crippen LogP contribution in [-0.2, 0) is 0 Å². The molecule has 0 atom stereocenters. The van der Waals surface area contributed by atoms with E-state index in [1.165, 1.54) is 24.8 Å². The Bertz CT molecular complexity index is 443. The number of carbonyl (C=O) groups is 1. The van der Waals surface area contributed by atoms with Gasteiger partial charge in [-0.1, -0.05) is 17.7 Å². The SMILES string of the molecule is O=C(NCCC1=CCCC1)c1cccc(Br)n1. The summed E-state index contributed by atoms with van der Waals surface area (Å²) in [4.78, 5) is 15.9. The number of allylic oxidation sites excluding steroid dienone is 1. The minimum atomic E-state index is -0.107. The summed E-state index contributed by atoms with van der Waals surface area (Å²) in [5.41, 5.74) is 1.92. The van der Waals surface area contributed by atoms with E-state index in [0.29, 0.717) is 16.8 Å². The summed E-state index contributed by atoms with van der Waals surface area (Å²) >= 11 is 3.25. The second-order valence-corrected chi connectivity index (χ2v) is 4.92. The van der Waals surface area contributed by atoms with E-state index in [0.717, 1.165) is 6.42 Å². The van der Waals surface area contributed by atoms with Gasteiger partial charge < -0.3 is 5.32 Å². The highest BCUT2D eigenvalue weighted by molar-refractivity contribution is 9.10. The number of nitrogens with one attached hydrogen (secondary N) is 1. The topological polar surface area (TPSA) is 42.0 Å². The Morgan fingerprint density at radius 3 is 3.06 bits per heavy atom. The Morgan fingerprint density at radius 1 is 1.47 bits per heavy atom. The number of rotatable bonds is 4. The number of pyridine rings is 1. The first-order valence-corrected chi connectivity index (χ1v) is 6.63.